The summed E-state index contributed by atoms with van der Waals surface area (Å²) in [7, 11) is 0. The van der Waals surface area contributed by atoms with Crippen molar-refractivity contribution in [3.05, 3.63) is 41.7 Å². The van der Waals surface area contributed by atoms with Gasteiger partial charge in [0.15, 0.2) is 0 Å². The number of aryl methyl sites for hydroxylation is 1. The minimum atomic E-state index is -0.494. The molecule has 3 nitrogen and oxygen atoms in total. The number of benzene rings is 1. The maximum absolute atomic E-state index is 11.3. The van der Waals surface area contributed by atoms with Crippen molar-refractivity contribution >= 4 is 16.6 Å². The predicted molar refractivity (Wildman–Crippen MR) is 62.5 cm³/mol. The summed E-state index contributed by atoms with van der Waals surface area (Å²) in [5.74, 6) is -0.346. The second kappa shape index (κ2) is 4.41. The lowest BCUT2D eigenvalue weighted by Gasteiger charge is -2.02. The Bertz CT molecular complexity index is 534. The molecule has 2 aromatic rings. The number of hydrogen-bond donors (Lipinski definition) is 1. The van der Waals surface area contributed by atoms with Gasteiger partial charge in [0.25, 0.3) is 0 Å². The van der Waals surface area contributed by atoms with Gasteiger partial charge in [-0.05, 0) is 29.5 Å². The van der Waals surface area contributed by atoms with Crippen LogP contribution in [0.15, 0.2) is 30.5 Å². The van der Waals surface area contributed by atoms with Crippen molar-refractivity contribution in [1.82, 2.24) is 4.98 Å². The van der Waals surface area contributed by atoms with Crippen LogP contribution in [0.25, 0.3) is 10.8 Å². The molecule has 0 unspecified atom stereocenters. The number of aliphatic hydroxyl groups excluding tert-OH is 1. The van der Waals surface area contributed by atoms with Crippen molar-refractivity contribution in [3.63, 3.8) is 0 Å². The molecule has 0 saturated carbocycles. The first-order chi connectivity index (χ1) is 7.74. The zero-order valence-electron chi connectivity index (χ0n) is 9.10. The SMILES string of the molecule is CCc1ccc2cc(C(=O)CO)ncc2c1. The van der Waals surface area contributed by atoms with Crippen LogP contribution in [0, 0.1) is 0 Å². The van der Waals surface area contributed by atoms with Crippen LogP contribution in [0.4, 0.5) is 0 Å². The molecule has 0 saturated heterocycles. The number of rotatable bonds is 3. The van der Waals surface area contributed by atoms with E-state index in [1.54, 1.807) is 12.3 Å². The van der Waals surface area contributed by atoms with Gasteiger partial charge in [0.1, 0.15) is 12.3 Å². The monoisotopic (exact) mass is 215 g/mol. The molecule has 0 fully saturated rings. The highest BCUT2D eigenvalue weighted by Gasteiger charge is 2.06. The standard InChI is InChI=1S/C13H13NO2/c1-2-9-3-4-10-6-12(13(16)8-15)14-7-11(10)5-9/h3-7,15H,2,8H2,1H3. The number of aromatic nitrogens is 1. The molecule has 3 heteroatoms. The molecule has 0 amide bonds. The van der Waals surface area contributed by atoms with Crippen LogP contribution in [0.5, 0.6) is 0 Å². The smallest absolute Gasteiger partial charge is 0.206 e. The van der Waals surface area contributed by atoms with Gasteiger partial charge in [0.05, 0.1) is 0 Å². The summed E-state index contributed by atoms with van der Waals surface area (Å²) in [5.41, 5.74) is 1.56. The van der Waals surface area contributed by atoms with Gasteiger partial charge in [-0.1, -0.05) is 19.1 Å². The number of carbonyl (C=O) groups excluding carboxylic acids is 1. The van der Waals surface area contributed by atoms with E-state index in [-0.39, 0.29) is 5.78 Å². The van der Waals surface area contributed by atoms with Crippen molar-refractivity contribution in [1.29, 1.82) is 0 Å². The molecule has 0 atom stereocenters. The zero-order valence-corrected chi connectivity index (χ0v) is 9.10. The van der Waals surface area contributed by atoms with E-state index in [0.717, 1.165) is 17.2 Å². The lowest BCUT2D eigenvalue weighted by atomic mass is 10.1. The van der Waals surface area contributed by atoms with Crippen LogP contribution in [0.2, 0.25) is 0 Å². The Morgan fingerprint density at radius 1 is 1.31 bits per heavy atom. The van der Waals surface area contributed by atoms with Crippen LogP contribution in [-0.2, 0) is 6.42 Å². The maximum atomic E-state index is 11.3. The van der Waals surface area contributed by atoms with Gasteiger partial charge in [-0.25, -0.2) is 0 Å². The number of fused-ring (bicyclic) bond motifs is 1. The van der Waals surface area contributed by atoms with Crippen molar-refractivity contribution in [2.75, 3.05) is 6.61 Å². The van der Waals surface area contributed by atoms with E-state index in [2.05, 4.69) is 18.0 Å². The molecule has 1 aromatic carbocycles. The molecule has 1 aromatic heterocycles. The van der Waals surface area contributed by atoms with Crippen LogP contribution < -0.4 is 0 Å². The fraction of sp³-hybridized carbons (Fsp3) is 0.231. The molecule has 0 aliphatic heterocycles. The van der Waals surface area contributed by atoms with E-state index in [0.29, 0.717) is 5.69 Å². The number of nitrogens with zero attached hydrogens (tertiary/aromatic N) is 1. The average Bonchev–Trinajstić information content (AvgIpc) is 2.36. The van der Waals surface area contributed by atoms with Crippen LogP contribution in [0.3, 0.4) is 0 Å². The second-order valence-electron chi connectivity index (χ2n) is 3.69. The first kappa shape index (κ1) is 10.8. The fourth-order valence-corrected chi connectivity index (χ4v) is 1.64. The Balaban J connectivity index is 2.51. The number of hydrogen-bond acceptors (Lipinski definition) is 3. The average molecular weight is 215 g/mol. The number of Topliss-reactive ketones (excluding diaryl/α,β-unsaturated/α-hetero) is 1. The molecule has 82 valence electrons. The summed E-state index contributed by atoms with van der Waals surface area (Å²) >= 11 is 0. The topological polar surface area (TPSA) is 50.2 Å². The van der Waals surface area contributed by atoms with E-state index < -0.39 is 6.61 Å². The Morgan fingerprint density at radius 2 is 2.12 bits per heavy atom. The summed E-state index contributed by atoms with van der Waals surface area (Å²) in [4.78, 5) is 15.3. The van der Waals surface area contributed by atoms with E-state index in [9.17, 15) is 4.79 Å². The number of pyridine rings is 1. The molecular formula is C13H13NO2. The van der Waals surface area contributed by atoms with E-state index in [4.69, 9.17) is 5.11 Å². The summed E-state index contributed by atoms with van der Waals surface area (Å²) in [6.07, 6.45) is 2.66. The molecule has 0 aliphatic rings. The van der Waals surface area contributed by atoms with Crippen molar-refractivity contribution in [3.8, 4) is 0 Å². The Morgan fingerprint density at radius 3 is 2.81 bits per heavy atom. The number of carbonyl (C=O) groups is 1. The van der Waals surface area contributed by atoms with Gasteiger partial charge in [0.2, 0.25) is 5.78 Å². The van der Waals surface area contributed by atoms with Gasteiger partial charge in [0, 0.05) is 11.6 Å². The van der Waals surface area contributed by atoms with Gasteiger partial charge in [-0.2, -0.15) is 0 Å². The molecule has 1 N–H and O–H groups in total. The van der Waals surface area contributed by atoms with Crippen LogP contribution >= 0.6 is 0 Å². The lowest BCUT2D eigenvalue weighted by molar-refractivity contribution is 0.0899. The molecule has 0 radical (unpaired) electrons. The number of ketones is 1. The third kappa shape index (κ3) is 1.95. The summed E-state index contributed by atoms with van der Waals surface area (Å²) in [6.45, 7) is 1.60. The molecular weight excluding hydrogens is 202 g/mol. The molecule has 0 spiro atoms. The van der Waals surface area contributed by atoms with Crippen molar-refractivity contribution in [2.24, 2.45) is 0 Å². The van der Waals surface area contributed by atoms with Crippen LogP contribution in [0.1, 0.15) is 23.0 Å². The van der Waals surface area contributed by atoms with E-state index in [1.165, 1.54) is 5.56 Å². The molecule has 0 bridgehead atoms. The van der Waals surface area contributed by atoms with Crippen molar-refractivity contribution < 1.29 is 9.90 Å². The van der Waals surface area contributed by atoms with Gasteiger partial charge >= 0.3 is 0 Å². The minimum absolute atomic E-state index is 0.319. The Labute approximate surface area is 93.7 Å². The summed E-state index contributed by atoms with van der Waals surface area (Å²) in [5, 5.41) is 10.8. The third-order valence-electron chi connectivity index (χ3n) is 2.62. The van der Waals surface area contributed by atoms with Crippen molar-refractivity contribution in [2.45, 2.75) is 13.3 Å². The molecule has 16 heavy (non-hydrogen) atoms. The van der Waals surface area contributed by atoms with E-state index in [1.807, 2.05) is 12.1 Å². The molecule has 0 aliphatic carbocycles. The highest BCUT2D eigenvalue weighted by molar-refractivity contribution is 5.98. The first-order valence-corrected chi connectivity index (χ1v) is 5.27. The van der Waals surface area contributed by atoms with Gasteiger partial charge in [-0.3, -0.25) is 9.78 Å². The minimum Gasteiger partial charge on any atom is -0.388 e. The summed E-state index contributed by atoms with van der Waals surface area (Å²) in [6, 6.07) is 7.79. The quantitative estimate of drug-likeness (QED) is 0.796. The largest absolute Gasteiger partial charge is 0.388 e. The second-order valence-corrected chi connectivity index (χ2v) is 3.69. The Kier molecular flexibility index (Phi) is 2.97. The highest BCUT2D eigenvalue weighted by atomic mass is 16.3. The van der Waals surface area contributed by atoms with Gasteiger partial charge < -0.3 is 5.11 Å². The number of aliphatic hydroxyl groups is 1. The lowest BCUT2D eigenvalue weighted by Crippen LogP contribution is -2.06. The van der Waals surface area contributed by atoms with E-state index >= 15 is 0 Å². The molecule has 1 heterocycles. The predicted octanol–water partition coefficient (Wildman–Crippen LogP) is 1.97. The fourth-order valence-electron chi connectivity index (χ4n) is 1.64. The van der Waals surface area contributed by atoms with Gasteiger partial charge in [-0.15, -0.1) is 0 Å². The Hall–Kier alpha value is -1.74. The third-order valence-corrected chi connectivity index (χ3v) is 2.62. The first-order valence-electron chi connectivity index (χ1n) is 5.27. The van der Waals surface area contributed by atoms with Crippen LogP contribution in [-0.4, -0.2) is 22.5 Å². The maximum Gasteiger partial charge on any atom is 0.206 e. The normalized spacial score (nSPS) is 10.6. The zero-order chi connectivity index (χ0) is 11.5. The highest BCUT2D eigenvalue weighted by Crippen LogP contribution is 2.16. The molecule has 2 rings (SSSR count). The summed E-state index contributed by atoms with van der Waals surface area (Å²) < 4.78 is 0.